The molecule has 0 aliphatic carbocycles. The van der Waals surface area contributed by atoms with Gasteiger partial charge in [-0.25, -0.2) is 0 Å². The van der Waals surface area contributed by atoms with E-state index in [9.17, 15) is 9.59 Å². The highest BCUT2D eigenvalue weighted by atomic mass is 16.2. The number of hydrogen-bond acceptors (Lipinski definition) is 2. The van der Waals surface area contributed by atoms with Crippen LogP contribution in [0.4, 0.5) is 0 Å². The van der Waals surface area contributed by atoms with Crippen LogP contribution in [-0.4, -0.2) is 34.3 Å². The second-order valence-corrected chi connectivity index (χ2v) is 6.29. The van der Waals surface area contributed by atoms with Gasteiger partial charge < -0.3 is 10.2 Å². The topological polar surface area (TPSA) is 49.4 Å². The summed E-state index contributed by atoms with van der Waals surface area (Å²) in [4.78, 5) is 27.6. The van der Waals surface area contributed by atoms with Gasteiger partial charge in [0.1, 0.15) is 11.1 Å². The number of carbonyl (C=O) groups is 2. The predicted octanol–water partition coefficient (Wildman–Crippen LogP) is 2.72. The molecule has 0 unspecified atom stereocenters. The fraction of sp³-hybridized carbons (Fsp3) is 0.875. The summed E-state index contributed by atoms with van der Waals surface area (Å²) in [6, 6.07) is 0. The van der Waals surface area contributed by atoms with Gasteiger partial charge in [0.05, 0.1) is 0 Å². The minimum Gasteiger partial charge on any atom is -0.340 e. The second kappa shape index (κ2) is 6.15. The molecule has 1 fully saturated rings. The van der Waals surface area contributed by atoms with Crippen molar-refractivity contribution in [1.82, 2.24) is 10.2 Å². The molecule has 0 spiro atoms. The Kier molecular flexibility index (Phi) is 5.22. The van der Waals surface area contributed by atoms with Crippen LogP contribution in [0.25, 0.3) is 0 Å². The molecule has 0 radical (unpaired) electrons. The van der Waals surface area contributed by atoms with E-state index in [4.69, 9.17) is 0 Å². The molecule has 1 rings (SSSR count). The molecule has 1 aliphatic rings. The summed E-state index contributed by atoms with van der Waals surface area (Å²) in [6.07, 6.45) is 2.62. The molecule has 1 heterocycles. The van der Waals surface area contributed by atoms with E-state index >= 15 is 0 Å². The average Bonchev–Trinajstić information content (AvgIpc) is 2.43. The molecule has 1 aliphatic heterocycles. The maximum absolute atomic E-state index is 13.0. The molecule has 1 N–H and O–H groups in total. The van der Waals surface area contributed by atoms with Crippen LogP contribution in [0.1, 0.15) is 67.2 Å². The van der Waals surface area contributed by atoms with E-state index in [-0.39, 0.29) is 11.8 Å². The number of nitrogens with zero attached hydrogens (tertiary/aromatic N) is 1. The van der Waals surface area contributed by atoms with Crippen LogP contribution in [0.5, 0.6) is 0 Å². The maximum Gasteiger partial charge on any atom is 0.249 e. The Labute approximate surface area is 123 Å². The van der Waals surface area contributed by atoms with Crippen LogP contribution in [-0.2, 0) is 9.59 Å². The van der Waals surface area contributed by atoms with E-state index in [2.05, 4.69) is 19.2 Å². The lowest BCUT2D eigenvalue weighted by Crippen LogP contribution is -2.75. The third-order valence-electron chi connectivity index (χ3n) is 4.87. The fourth-order valence-electron chi connectivity index (χ4n) is 3.27. The van der Waals surface area contributed by atoms with E-state index in [0.717, 1.165) is 0 Å². The first-order chi connectivity index (χ1) is 9.33. The van der Waals surface area contributed by atoms with Crippen LogP contribution < -0.4 is 5.32 Å². The Balaban J connectivity index is 3.31. The van der Waals surface area contributed by atoms with Crippen LogP contribution >= 0.6 is 0 Å². The Morgan fingerprint density at radius 2 is 1.50 bits per heavy atom. The van der Waals surface area contributed by atoms with Crippen molar-refractivity contribution in [2.75, 3.05) is 6.54 Å². The Morgan fingerprint density at radius 1 is 1.00 bits per heavy atom. The van der Waals surface area contributed by atoms with Gasteiger partial charge in [-0.3, -0.25) is 9.59 Å². The molecule has 0 aromatic heterocycles. The van der Waals surface area contributed by atoms with Crippen molar-refractivity contribution in [1.29, 1.82) is 0 Å². The van der Waals surface area contributed by atoms with Crippen molar-refractivity contribution in [3.63, 3.8) is 0 Å². The first-order valence-corrected chi connectivity index (χ1v) is 7.98. The van der Waals surface area contributed by atoms with Crippen molar-refractivity contribution < 1.29 is 9.59 Å². The lowest BCUT2D eigenvalue weighted by Gasteiger charge is -2.52. The summed E-state index contributed by atoms with van der Waals surface area (Å²) in [6.45, 7) is 12.8. The third kappa shape index (κ3) is 2.45. The molecule has 0 bridgehead atoms. The molecule has 0 aromatic rings. The molecule has 0 aromatic carbocycles. The zero-order chi connectivity index (χ0) is 15.6. The lowest BCUT2D eigenvalue weighted by atomic mass is 9.79. The molecule has 4 heteroatoms. The van der Waals surface area contributed by atoms with Crippen LogP contribution in [0.3, 0.4) is 0 Å². The average molecular weight is 282 g/mol. The van der Waals surface area contributed by atoms with Gasteiger partial charge >= 0.3 is 0 Å². The molecule has 4 nitrogen and oxygen atoms in total. The van der Waals surface area contributed by atoms with E-state index in [1.54, 1.807) is 0 Å². The summed E-state index contributed by atoms with van der Waals surface area (Å²) in [7, 11) is 0. The summed E-state index contributed by atoms with van der Waals surface area (Å²) in [5.74, 6) is 0.472. The highest BCUT2D eigenvalue weighted by Gasteiger charge is 2.55. The SMILES string of the molecule is CCC1(CC)NC(=O)C(CC)(CC)N(CC(C)C)C1=O. The van der Waals surface area contributed by atoms with Gasteiger partial charge in [0.2, 0.25) is 11.8 Å². The first kappa shape index (κ1) is 17.0. The van der Waals surface area contributed by atoms with Crippen molar-refractivity contribution >= 4 is 11.8 Å². The number of nitrogens with one attached hydrogen (secondary N) is 1. The number of rotatable bonds is 6. The Morgan fingerprint density at radius 3 is 1.85 bits per heavy atom. The van der Waals surface area contributed by atoms with Crippen molar-refractivity contribution in [3.05, 3.63) is 0 Å². The molecule has 2 amide bonds. The molecule has 1 saturated heterocycles. The van der Waals surface area contributed by atoms with Crippen LogP contribution in [0.2, 0.25) is 0 Å². The minimum atomic E-state index is -0.709. The van der Waals surface area contributed by atoms with Crippen LogP contribution in [0, 0.1) is 5.92 Å². The fourth-order valence-corrected chi connectivity index (χ4v) is 3.27. The highest BCUT2D eigenvalue weighted by Crippen LogP contribution is 2.35. The van der Waals surface area contributed by atoms with Crippen molar-refractivity contribution in [3.8, 4) is 0 Å². The van der Waals surface area contributed by atoms with Gasteiger partial charge in [0, 0.05) is 6.54 Å². The molecule has 20 heavy (non-hydrogen) atoms. The first-order valence-electron chi connectivity index (χ1n) is 7.98. The maximum atomic E-state index is 13.0. The van der Waals surface area contributed by atoms with Gasteiger partial charge in [0.25, 0.3) is 0 Å². The van der Waals surface area contributed by atoms with Gasteiger partial charge in [-0.1, -0.05) is 41.5 Å². The molecular formula is C16H30N2O2. The highest BCUT2D eigenvalue weighted by molar-refractivity contribution is 6.02. The zero-order valence-electron chi connectivity index (χ0n) is 13.9. The smallest absolute Gasteiger partial charge is 0.249 e. The minimum absolute atomic E-state index is 0.0199. The quantitative estimate of drug-likeness (QED) is 0.814. The summed E-state index contributed by atoms with van der Waals surface area (Å²) >= 11 is 0. The molecule has 116 valence electrons. The summed E-state index contributed by atoms with van der Waals surface area (Å²) < 4.78 is 0. The van der Waals surface area contributed by atoms with Crippen molar-refractivity contribution in [2.45, 2.75) is 78.3 Å². The second-order valence-electron chi connectivity index (χ2n) is 6.29. The van der Waals surface area contributed by atoms with E-state index in [1.807, 2.05) is 32.6 Å². The van der Waals surface area contributed by atoms with E-state index < -0.39 is 11.1 Å². The number of hydrogen-bond donors (Lipinski definition) is 1. The molecule has 0 saturated carbocycles. The third-order valence-corrected chi connectivity index (χ3v) is 4.87. The normalized spacial score (nSPS) is 21.2. The van der Waals surface area contributed by atoms with Crippen LogP contribution in [0.15, 0.2) is 0 Å². The Hall–Kier alpha value is -1.06. The standard InChI is InChI=1S/C16H30N2O2/c1-7-15(8-2)14(20)18(11-12(5)6)16(9-3,10-4)13(19)17-15/h12H,7-11H2,1-6H3,(H,17,19). The van der Waals surface area contributed by atoms with Gasteiger partial charge in [-0.15, -0.1) is 0 Å². The number of piperazine rings is 1. The number of carbonyl (C=O) groups excluding carboxylic acids is 2. The number of amides is 2. The molecular weight excluding hydrogens is 252 g/mol. The lowest BCUT2D eigenvalue weighted by molar-refractivity contribution is -0.165. The van der Waals surface area contributed by atoms with Gasteiger partial charge in [-0.05, 0) is 31.6 Å². The van der Waals surface area contributed by atoms with Gasteiger partial charge in [-0.2, -0.15) is 0 Å². The monoisotopic (exact) mass is 282 g/mol. The van der Waals surface area contributed by atoms with E-state index in [1.165, 1.54) is 0 Å². The Bertz CT molecular complexity index is 369. The largest absolute Gasteiger partial charge is 0.340 e. The zero-order valence-corrected chi connectivity index (χ0v) is 13.9. The van der Waals surface area contributed by atoms with E-state index in [0.29, 0.717) is 38.1 Å². The summed E-state index contributed by atoms with van der Waals surface area (Å²) in [5, 5.41) is 3.04. The molecule has 0 atom stereocenters. The summed E-state index contributed by atoms with van der Waals surface area (Å²) in [5.41, 5.74) is -1.38. The predicted molar refractivity (Wildman–Crippen MR) is 81.3 cm³/mol. The van der Waals surface area contributed by atoms with Crippen molar-refractivity contribution in [2.24, 2.45) is 5.92 Å². The van der Waals surface area contributed by atoms with Gasteiger partial charge in [0.15, 0.2) is 0 Å².